The fourth-order valence-corrected chi connectivity index (χ4v) is 1.95. The molecule has 0 N–H and O–H groups in total. The van der Waals surface area contributed by atoms with Crippen LogP contribution in [0, 0.1) is 18.7 Å². The summed E-state index contributed by atoms with van der Waals surface area (Å²) < 4.78 is 18.7. The number of ketones is 1. The molecule has 0 unspecified atom stereocenters. The summed E-state index contributed by atoms with van der Waals surface area (Å²) >= 11 is 0. The number of halogens is 1. The van der Waals surface area contributed by atoms with E-state index in [1.807, 2.05) is 0 Å². The molecule has 0 radical (unpaired) electrons. The minimum absolute atomic E-state index is 0.0519. The number of hydrogen-bond acceptors (Lipinski definition) is 2. The van der Waals surface area contributed by atoms with E-state index in [2.05, 4.69) is 0 Å². The van der Waals surface area contributed by atoms with Gasteiger partial charge >= 0.3 is 0 Å². The lowest BCUT2D eigenvalue weighted by molar-refractivity contribution is 0.0942. The number of Topliss-reactive ketones (excluding diaryl/α,β-unsaturated/α-hetero) is 1. The fourth-order valence-electron chi connectivity index (χ4n) is 1.95. The molecule has 2 nitrogen and oxygen atoms in total. The lowest BCUT2D eigenvalue weighted by Crippen LogP contribution is -1.98. The molecule has 0 spiro atoms. The van der Waals surface area contributed by atoms with E-state index in [0.29, 0.717) is 16.7 Å². The van der Waals surface area contributed by atoms with Crippen molar-refractivity contribution in [2.75, 3.05) is 0 Å². The van der Waals surface area contributed by atoms with E-state index in [1.54, 1.807) is 13.0 Å². The van der Waals surface area contributed by atoms with Crippen LogP contribution in [0.15, 0.2) is 22.6 Å². The zero-order valence-electron chi connectivity index (χ0n) is 8.92. The minimum atomic E-state index is -0.295. The second-order valence-corrected chi connectivity index (χ2v) is 4.39. The first-order valence-corrected chi connectivity index (χ1v) is 5.39. The third-order valence-electron chi connectivity index (χ3n) is 2.96. The lowest BCUT2D eigenvalue weighted by Gasteiger charge is -1.94. The number of aryl methyl sites for hydroxylation is 1. The molecule has 0 bridgehead atoms. The van der Waals surface area contributed by atoms with Gasteiger partial charge in [-0.15, -0.1) is 0 Å². The van der Waals surface area contributed by atoms with Crippen molar-refractivity contribution in [3.63, 3.8) is 0 Å². The Morgan fingerprint density at radius 3 is 2.81 bits per heavy atom. The maximum absolute atomic E-state index is 13.2. The average molecular weight is 218 g/mol. The quantitative estimate of drug-likeness (QED) is 0.722. The van der Waals surface area contributed by atoms with Gasteiger partial charge in [0.25, 0.3) is 0 Å². The van der Waals surface area contributed by atoms with Crippen molar-refractivity contribution < 1.29 is 13.6 Å². The zero-order valence-corrected chi connectivity index (χ0v) is 8.92. The van der Waals surface area contributed by atoms with Crippen molar-refractivity contribution >= 4 is 16.8 Å². The van der Waals surface area contributed by atoms with Gasteiger partial charge in [0.2, 0.25) is 5.78 Å². The summed E-state index contributed by atoms with van der Waals surface area (Å²) in [7, 11) is 0. The molecule has 3 rings (SSSR count). The van der Waals surface area contributed by atoms with Gasteiger partial charge in [-0.1, -0.05) is 0 Å². The summed E-state index contributed by atoms with van der Waals surface area (Å²) in [5, 5.41) is 0.668. The van der Waals surface area contributed by atoms with E-state index in [4.69, 9.17) is 4.42 Å². The largest absolute Gasteiger partial charge is 0.453 e. The van der Waals surface area contributed by atoms with E-state index in [0.717, 1.165) is 18.4 Å². The summed E-state index contributed by atoms with van der Waals surface area (Å²) in [5.41, 5.74) is 1.34. The molecule has 82 valence electrons. The van der Waals surface area contributed by atoms with Gasteiger partial charge in [0.15, 0.2) is 5.76 Å². The molecule has 0 atom stereocenters. The van der Waals surface area contributed by atoms with Crippen molar-refractivity contribution in [3.8, 4) is 0 Å². The smallest absolute Gasteiger partial charge is 0.201 e. The van der Waals surface area contributed by atoms with Crippen LogP contribution in [0.2, 0.25) is 0 Å². The summed E-state index contributed by atoms with van der Waals surface area (Å²) in [6.45, 7) is 1.78. The molecule has 0 saturated heterocycles. The number of furan rings is 1. The molecule has 0 aliphatic heterocycles. The van der Waals surface area contributed by atoms with Crippen molar-refractivity contribution in [2.24, 2.45) is 5.92 Å². The third kappa shape index (κ3) is 1.43. The highest BCUT2D eigenvalue weighted by Gasteiger charge is 2.32. The number of fused-ring (bicyclic) bond motifs is 1. The fraction of sp³-hybridized carbons (Fsp3) is 0.308. The molecular weight excluding hydrogens is 207 g/mol. The van der Waals surface area contributed by atoms with Crippen molar-refractivity contribution in [1.29, 1.82) is 0 Å². The Bertz CT molecular complexity index is 579. The SMILES string of the molecule is Cc1cc(F)cc2cc(C(=O)C3CC3)oc12. The van der Waals surface area contributed by atoms with Crippen LogP contribution in [-0.4, -0.2) is 5.78 Å². The predicted octanol–water partition coefficient (Wildman–Crippen LogP) is 3.47. The van der Waals surface area contributed by atoms with E-state index >= 15 is 0 Å². The molecule has 2 aromatic rings. The maximum atomic E-state index is 13.2. The summed E-state index contributed by atoms with van der Waals surface area (Å²) in [6, 6.07) is 4.46. The lowest BCUT2D eigenvalue weighted by atomic mass is 10.1. The molecule has 1 aromatic carbocycles. The van der Waals surface area contributed by atoms with Crippen LogP contribution in [-0.2, 0) is 0 Å². The van der Waals surface area contributed by atoms with Crippen LogP contribution in [0.5, 0.6) is 0 Å². The molecular formula is C13H11FO2. The Balaban J connectivity index is 2.14. The zero-order chi connectivity index (χ0) is 11.3. The molecule has 0 amide bonds. The third-order valence-corrected chi connectivity index (χ3v) is 2.96. The van der Waals surface area contributed by atoms with Gasteiger partial charge in [0.05, 0.1) is 0 Å². The van der Waals surface area contributed by atoms with Crippen LogP contribution in [0.1, 0.15) is 29.0 Å². The van der Waals surface area contributed by atoms with Gasteiger partial charge in [-0.2, -0.15) is 0 Å². The van der Waals surface area contributed by atoms with Crippen LogP contribution >= 0.6 is 0 Å². The topological polar surface area (TPSA) is 30.2 Å². The summed E-state index contributed by atoms with van der Waals surface area (Å²) in [5.74, 6) is 0.254. The first kappa shape index (κ1) is 9.58. The van der Waals surface area contributed by atoms with Gasteiger partial charge in [-0.25, -0.2) is 4.39 Å². The average Bonchev–Trinajstić information content (AvgIpc) is 2.97. The molecule has 1 aliphatic rings. The Morgan fingerprint density at radius 1 is 1.38 bits per heavy atom. The molecule has 3 heteroatoms. The highest BCUT2D eigenvalue weighted by molar-refractivity contribution is 6.00. The van der Waals surface area contributed by atoms with Gasteiger partial charge in [-0.3, -0.25) is 4.79 Å². The Morgan fingerprint density at radius 2 is 2.12 bits per heavy atom. The number of carbonyl (C=O) groups is 1. The Kier molecular flexibility index (Phi) is 1.90. The standard InChI is InChI=1S/C13H11FO2/c1-7-4-10(14)5-9-6-11(16-13(7)9)12(15)8-2-3-8/h4-6,8H,2-3H2,1H3. The number of rotatable bonds is 2. The Hall–Kier alpha value is -1.64. The van der Waals surface area contributed by atoms with Crippen molar-refractivity contribution in [2.45, 2.75) is 19.8 Å². The maximum Gasteiger partial charge on any atom is 0.201 e. The number of benzene rings is 1. The van der Waals surface area contributed by atoms with E-state index in [9.17, 15) is 9.18 Å². The predicted molar refractivity (Wildman–Crippen MR) is 58.0 cm³/mol. The number of carbonyl (C=O) groups excluding carboxylic acids is 1. The van der Waals surface area contributed by atoms with E-state index in [-0.39, 0.29) is 17.5 Å². The molecule has 1 fully saturated rings. The van der Waals surface area contributed by atoms with Crippen LogP contribution < -0.4 is 0 Å². The molecule has 1 aliphatic carbocycles. The summed E-state index contributed by atoms with van der Waals surface area (Å²) in [4.78, 5) is 11.8. The van der Waals surface area contributed by atoms with Crippen molar-refractivity contribution in [3.05, 3.63) is 35.3 Å². The van der Waals surface area contributed by atoms with Crippen molar-refractivity contribution in [1.82, 2.24) is 0 Å². The second-order valence-electron chi connectivity index (χ2n) is 4.39. The number of hydrogen-bond donors (Lipinski definition) is 0. The molecule has 1 aromatic heterocycles. The first-order chi connectivity index (χ1) is 7.65. The van der Waals surface area contributed by atoms with Crippen LogP contribution in [0.4, 0.5) is 4.39 Å². The molecule has 1 saturated carbocycles. The second kappa shape index (κ2) is 3.17. The summed E-state index contributed by atoms with van der Waals surface area (Å²) in [6.07, 6.45) is 1.90. The van der Waals surface area contributed by atoms with Gasteiger partial charge in [0, 0.05) is 11.3 Å². The first-order valence-electron chi connectivity index (χ1n) is 5.39. The van der Waals surface area contributed by atoms with Gasteiger partial charge in [0.1, 0.15) is 11.4 Å². The minimum Gasteiger partial charge on any atom is -0.453 e. The van der Waals surface area contributed by atoms with Gasteiger partial charge in [-0.05, 0) is 43.5 Å². The van der Waals surface area contributed by atoms with Crippen LogP contribution in [0.3, 0.4) is 0 Å². The van der Waals surface area contributed by atoms with E-state index in [1.165, 1.54) is 12.1 Å². The van der Waals surface area contributed by atoms with Crippen LogP contribution in [0.25, 0.3) is 11.0 Å². The highest BCUT2D eigenvalue weighted by Crippen LogP contribution is 2.34. The molecule has 16 heavy (non-hydrogen) atoms. The van der Waals surface area contributed by atoms with Gasteiger partial charge < -0.3 is 4.42 Å². The monoisotopic (exact) mass is 218 g/mol. The Labute approximate surface area is 92.1 Å². The molecule has 1 heterocycles. The highest BCUT2D eigenvalue weighted by atomic mass is 19.1. The van der Waals surface area contributed by atoms with E-state index < -0.39 is 0 Å². The normalized spacial score (nSPS) is 15.6.